The van der Waals surface area contributed by atoms with Gasteiger partial charge in [0.2, 0.25) is 12.1 Å². The maximum absolute atomic E-state index is 13.8. The van der Waals surface area contributed by atoms with Crippen LogP contribution in [0.4, 0.5) is 0 Å². The summed E-state index contributed by atoms with van der Waals surface area (Å²) in [6.07, 6.45) is 60.3. The second-order valence-electron chi connectivity index (χ2n) is 27.2. The zero-order valence-corrected chi connectivity index (χ0v) is 59.3. The largest absolute Gasteiger partial charge is 0.455 e. The molecule has 14 nitrogen and oxygen atoms in total. The van der Waals surface area contributed by atoms with E-state index in [4.69, 9.17) is 28.4 Å². The molecule has 0 aromatic rings. The van der Waals surface area contributed by atoms with E-state index >= 15 is 0 Å². The summed E-state index contributed by atoms with van der Waals surface area (Å²) in [5, 5.41) is 55.0. The van der Waals surface area contributed by atoms with Crippen molar-refractivity contribution in [3.63, 3.8) is 0 Å². The van der Waals surface area contributed by atoms with Crippen LogP contribution in [0.2, 0.25) is 0 Å². The summed E-state index contributed by atoms with van der Waals surface area (Å²) in [5.74, 6) is -4.36. The van der Waals surface area contributed by atoms with E-state index in [0.29, 0.717) is 19.3 Å². The van der Waals surface area contributed by atoms with Crippen molar-refractivity contribution in [1.82, 2.24) is 0 Å². The highest BCUT2D eigenvalue weighted by atomic mass is 16.8. The Kier molecular flexibility index (Phi) is 56.3. The van der Waals surface area contributed by atoms with E-state index in [1.807, 2.05) is 0 Å². The highest BCUT2D eigenvalue weighted by molar-refractivity contribution is 5.71. The van der Waals surface area contributed by atoms with Crippen molar-refractivity contribution in [3.8, 4) is 0 Å². The molecular weight excluding hydrogens is 1160 g/mol. The van der Waals surface area contributed by atoms with E-state index in [0.717, 1.165) is 96.3 Å². The summed E-state index contributed by atoms with van der Waals surface area (Å²) in [6.45, 7) is 4.27. The Bertz CT molecular complexity index is 1790. The molecule has 0 spiro atoms. The molecule has 2 saturated heterocycles. The second-order valence-corrected chi connectivity index (χ2v) is 27.2. The SMILES string of the molecule is CCCCCCCC/C=C\CCCCCCCCCCCC(=O)O[C@H]1[C@@H](O[C@]2(CO)O[C@H](CO)[C@@H](O)[C@@H]2OC(=O)CCCCCCCCCCC/C=C\CCCCCCCC)O[C@H](CO)[C@@H](O)[C@@H]1OC(=O)CCCCCCCCCCC/C=C\CCCCCCCC. The summed E-state index contributed by atoms with van der Waals surface area (Å²) < 4.78 is 36.2. The van der Waals surface area contributed by atoms with Crippen LogP contribution in [0.25, 0.3) is 0 Å². The quantitative estimate of drug-likeness (QED) is 0.0166. The van der Waals surface area contributed by atoms with Crippen LogP contribution in [0, 0.1) is 0 Å². The Morgan fingerprint density at radius 3 is 0.913 bits per heavy atom. The second kappa shape index (κ2) is 60.7. The van der Waals surface area contributed by atoms with Crippen LogP contribution in [0.5, 0.6) is 0 Å². The zero-order chi connectivity index (χ0) is 66.6. The predicted octanol–water partition coefficient (Wildman–Crippen LogP) is 19.1. The number of rotatable bonds is 65. The van der Waals surface area contributed by atoms with Gasteiger partial charge in [-0.2, -0.15) is 0 Å². The standard InChI is InChI=1S/C78H142O14/c1-4-7-10-13-16-19-22-25-28-31-34-37-40-43-46-49-52-55-58-61-69(82)88-74-72(85)67(64-79)87-77(75(74)89-70(83)62-59-56-53-50-47-44-41-38-35-32-29-26-23-20-17-14-11-8-5-2)92-78(66-81)76(73(86)68(65-80)91-78)90-71(84)63-60-57-54-51-48-45-42-39-36-33-30-27-24-21-18-15-12-9-6-3/h25-30,67-68,72-77,79-81,85-86H,4-24,31-66H2,1-3H3/b28-25-,29-26-,30-27-/t67-,68-,72-,73-,74+,75-,76+,77-,78+/m1/s1. The third kappa shape index (κ3) is 42.8. The molecule has 0 unspecified atom stereocenters. The molecule has 2 rings (SSSR count). The van der Waals surface area contributed by atoms with Crippen molar-refractivity contribution >= 4 is 17.9 Å². The van der Waals surface area contributed by atoms with E-state index in [-0.39, 0.29) is 19.3 Å². The Labute approximate surface area is 562 Å². The molecule has 2 heterocycles. The minimum atomic E-state index is -2.37. The number of aliphatic hydroxyl groups is 5. The highest BCUT2D eigenvalue weighted by Gasteiger charge is 2.62. The van der Waals surface area contributed by atoms with Gasteiger partial charge in [-0.3, -0.25) is 14.4 Å². The number of carbonyl (C=O) groups excluding carboxylic acids is 3. The van der Waals surface area contributed by atoms with Gasteiger partial charge in [0.25, 0.3) is 0 Å². The maximum atomic E-state index is 13.8. The fraction of sp³-hybridized carbons (Fsp3) is 0.885. The molecule has 5 N–H and O–H groups in total. The van der Waals surface area contributed by atoms with Gasteiger partial charge in [-0.15, -0.1) is 0 Å². The molecule has 0 amide bonds. The number of esters is 3. The van der Waals surface area contributed by atoms with Crippen LogP contribution in [0.3, 0.4) is 0 Å². The number of allylic oxidation sites excluding steroid dienone is 6. The van der Waals surface area contributed by atoms with E-state index in [2.05, 4.69) is 57.2 Å². The molecule has 0 bridgehead atoms. The molecule has 0 radical (unpaired) electrons. The minimum Gasteiger partial charge on any atom is -0.455 e. The van der Waals surface area contributed by atoms with Crippen molar-refractivity contribution in [3.05, 3.63) is 36.5 Å². The molecule has 2 aliphatic heterocycles. The first-order valence-corrected chi connectivity index (χ1v) is 38.8. The smallest absolute Gasteiger partial charge is 0.306 e. The summed E-state index contributed by atoms with van der Waals surface area (Å²) in [6, 6.07) is 0. The Morgan fingerprint density at radius 2 is 0.620 bits per heavy atom. The molecule has 9 atom stereocenters. The maximum Gasteiger partial charge on any atom is 0.306 e. The van der Waals surface area contributed by atoms with Gasteiger partial charge in [-0.25, -0.2) is 0 Å². The van der Waals surface area contributed by atoms with Crippen molar-refractivity contribution in [1.29, 1.82) is 0 Å². The van der Waals surface area contributed by atoms with Crippen LogP contribution in [0.15, 0.2) is 36.5 Å². The normalized spacial score (nSPS) is 21.8. The van der Waals surface area contributed by atoms with Crippen molar-refractivity contribution in [2.45, 2.75) is 422 Å². The molecular formula is C78H142O14. The van der Waals surface area contributed by atoms with Gasteiger partial charge in [0.05, 0.1) is 13.2 Å². The average molecular weight is 1300 g/mol. The lowest BCUT2D eigenvalue weighted by Crippen LogP contribution is -2.64. The first-order valence-electron chi connectivity index (χ1n) is 38.8. The summed E-state index contributed by atoms with van der Waals surface area (Å²) in [7, 11) is 0. The fourth-order valence-corrected chi connectivity index (χ4v) is 12.8. The minimum absolute atomic E-state index is 0.0111. The van der Waals surface area contributed by atoms with Crippen LogP contribution < -0.4 is 0 Å². The molecule has 0 saturated carbocycles. The number of aliphatic hydroxyl groups excluding tert-OH is 5. The number of unbranched alkanes of at least 4 members (excludes halogenated alkanes) is 45. The Hall–Kier alpha value is -2.69. The molecule has 2 fully saturated rings. The van der Waals surface area contributed by atoms with Gasteiger partial charge >= 0.3 is 17.9 Å². The monoisotopic (exact) mass is 1300 g/mol. The van der Waals surface area contributed by atoms with Crippen LogP contribution in [0.1, 0.15) is 367 Å². The van der Waals surface area contributed by atoms with E-state index in [1.54, 1.807) is 0 Å². The highest BCUT2D eigenvalue weighted by Crippen LogP contribution is 2.39. The van der Waals surface area contributed by atoms with Gasteiger partial charge < -0.3 is 54.0 Å². The van der Waals surface area contributed by atoms with Gasteiger partial charge in [0, 0.05) is 19.3 Å². The van der Waals surface area contributed by atoms with Crippen LogP contribution >= 0.6 is 0 Å². The van der Waals surface area contributed by atoms with Crippen LogP contribution in [-0.2, 0) is 42.8 Å². The number of carbonyl (C=O) groups is 3. The fourth-order valence-electron chi connectivity index (χ4n) is 12.8. The molecule has 92 heavy (non-hydrogen) atoms. The predicted molar refractivity (Wildman–Crippen MR) is 374 cm³/mol. The lowest BCUT2D eigenvalue weighted by Gasteiger charge is -2.45. The van der Waals surface area contributed by atoms with Gasteiger partial charge in [-0.05, 0) is 96.3 Å². The molecule has 0 aromatic heterocycles. The number of hydrogen-bond donors (Lipinski definition) is 5. The molecule has 14 heteroatoms. The first kappa shape index (κ1) is 85.4. The van der Waals surface area contributed by atoms with Crippen molar-refractivity contribution in [2.24, 2.45) is 0 Å². The molecule has 0 aromatic carbocycles. The lowest BCUT2D eigenvalue weighted by atomic mass is 9.97. The Balaban J connectivity index is 1.97. The van der Waals surface area contributed by atoms with Crippen molar-refractivity contribution < 1.29 is 68.3 Å². The summed E-state index contributed by atoms with van der Waals surface area (Å²) >= 11 is 0. The molecule has 2 aliphatic rings. The van der Waals surface area contributed by atoms with Gasteiger partial charge in [0.15, 0.2) is 18.3 Å². The molecule has 0 aliphatic carbocycles. The zero-order valence-electron chi connectivity index (χ0n) is 59.3. The number of ether oxygens (including phenoxy) is 6. The lowest BCUT2D eigenvalue weighted by molar-refractivity contribution is -0.384. The van der Waals surface area contributed by atoms with Gasteiger partial charge in [-0.1, -0.05) is 288 Å². The third-order valence-electron chi connectivity index (χ3n) is 18.7. The summed E-state index contributed by atoms with van der Waals surface area (Å²) in [4.78, 5) is 41.0. The summed E-state index contributed by atoms with van der Waals surface area (Å²) in [5.41, 5.74) is 0. The topological polar surface area (TPSA) is 208 Å². The average Bonchev–Trinajstić information content (AvgIpc) is 1.53. The molecule has 538 valence electrons. The Morgan fingerprint density at radius 1 is 0.348 bits per heavy atom. The first-order chi connectivity index (χ1) is 45.1. The van der Waals surface area contributed by atoms with Crippen LogP contribution in [-0.4, -0.2) is 118 Å². The van der Waals surface area contributed by atoms with Gasteiger partial charge in [0.1, 0.15) is 31.0 Å². The van der Waals surface area contributed by atoms with E-state index < -0.39 is 92.5 Å². The van der Waals surface area contributed by atoms with Crippen molar-refractivity contribution in [2.75, 3.05) is 19.8 Å². The third-order valence-corrected chi connectivity index (χ3v) is 18.7. The van der Waals surface area contributed by atoms with E-state index in [9.17, 15) is 39.9 Å². The number of hydrogen-bond acceptors (Lipinski definition) is 14. The van der Waals surface area contributed by atoms with E-state index in [1.165, 1.54) is 212 Å².